The van der Waals surface area contributed by atoms with Gasteiger partial charge >= 0.3 is 0 Å². The van der Waals surface area contributed by atoms with Crippen molar-refractivity contribution in [3.8, 4) is 11.5 Å². The van der Waals surface area contributed by atoms with Crippen molar-refractivity contribution in [1.82, 2.24) is 0 Å². The molecule has 0 spiro atoms. The lowest BCUT2D eigenvalue weighted by molar-refractivity contribution is 0.198. The Morgan fingerprint density at radius 3 is 2.47 bits per heavy atom. The van der Waals surface area contributed by atoms with Gasteiger partial charge in [0.2, 0.25) is 0 Å². The SMILES string of the molecule is CCC1C(N)CC1c1ccc(OC)c(OC)c1. The van der Waals surface area contributed by atoms with E-state index in [0.29, 0.717) is 17.9 Å². The number of nitrogens with two attached hydrogens (primary N) is 1. The van der Waals surface area contributed by atoms with Crippen LogP contribution in [0.4, 0.5) is 0 Å². The van der Waals surface area contributed by atoms with Crippen LogP contribution in [0.3, 0.4) is 0 Å². The zero-order chi connectivity index (χ0) is 12.4. The molecule has 2 N–H and O–H groups in total. The second-order valence-electron chi connectivity index (χ2n) is 4.69. The highest BCUT2D eigenvalue weighted by molar-refractivity contribution is 5.44. The molecule has 0 bridgehead atoms. The van der Waals surface area contributed by atoms with Gasteiger partial charge in [-0.05, 0) is 36.0 Å². The minimum absolute atomic E-state index is 0.359. The standard InChI is InChI=1S/C14H21NO2/c1-4-10-11(8-12(10)15)9-5-6-13(16-2)14(7-9)17-3/h5-7,10-12H,4,8,15H2,1-3H3. The summed E-state index contributed by atoms with van der Waals surface area (Å²) in [6.45, 7) is 2.21. The second kappa shape index (κ2) is 4.96. The molecular weight excluding hydrogens is 214 g/mol. The van der Waals surface area contributed by atoms with E-state index < -0.39 is 0 Å². The highest BCUT2D eigenvalue weighted by atomic mass is 16.5. The molecule has 1 fully saturated rings. The summed E-state index contributed by atoms with van der Waals surface area (Å²) >= 11 is 0. The molecule has 1 aliphatic rings. The van der Waals surface area contributed by atoms with Crippen molar-refractivity contribution >= 4 is 0 Å². The summed E-state index contributed by atoms with van der Waals surface area (Å²) in [4.78, 5) is 0. The highest BCUT2D eigenvalue weighted by Gasteiger charge is 2.38. The molecule has 3 nitrogen and oxygen atoms in total. The molecule has 1 aliphatic carbocycles. The van der Waals surface area contributed by atoms with E-state index in [1.165, 1.54) is 5.56 Å². The molecule has 3 unspecified atom stereocenters. The lowest BCUT2D eigenvalue weighted by atomic mass is 9.65. The molecule has 0 amide bonds. The van der Waals surface area contributed by atoms with Gasteiger partial charge in [0.05, 0.1) is 14.2 Å². The minimum Gasteiger partial charge on any atom is -0.493 e. The van der Waals surface area contributed by atoms with Crippen LogP contribution in [0.15, 0.2) is 18.2 Å². The van der Waals surface area contributed by atoms with E-state index >= 15 is 0 Å². The van der Waals surface area contributed by atoms with Crippen molar-refractivity contribution in [3.63, 3.8) is 0 Å². The fraction of sp³-hybridized carbons (Fsp3) is 0.571. The Bertz CT molecular complexity index is 392. The molecule has 0 aromatic heterocycles. The van der Waals surface area contributed by atoms with E-state index in [-0.39, 0.29) is 0 Å². The number of methoxy groups -OCH3 is 2. The van der Waals surface area contributed by atoms with E-state index in [0.717, 1.165) is 24.3 Å². The van der Waals surface area contributed by atoms with E-state index in [2.05, 4.69) is 19.1 Å². The van der Waals surface area contributed by atoms with Crippen LogP contribution in [0.5, 0.6) is 11.5 Å². The Hall–Kier alpha value is -1.22. The van der Waals surface area contributed by atoms with Gasteiger partial charge in [-0.2, -0.15) is 0 Å². The smallest absolute Gasteiger partial charge is 0.160 e. The van der Waals surface area contributed by atoms with Crippen molar-refractivity contribution < 1.29 is 9.47 Å². The number of ether oxygens (including phenoxy) is 2. The minimum atomic E-state index is 0.359. The van der Waals surface area contributed by atoms with Gasteiger partial charge in [0, 0.05) is 6.04 Å². The van der Waals surface area contributed by atoms with Gasteiger partial charge in [-0.1, -0.05) is 19.4 Å². The van der Waals surface area contributed by atoms with E-state index in [1.807, 2.05) is 6.07 Å². The summed E-state index contributed by atoms with van der Waals surface area (Å²) < 4.78 is 10.6. The Labute approximate surface area is 103 Å². The molecule has 1 saturated carbocycles. The van der Waals surface area contributed by atoms with Crippen LogP contribution >= 0.6 is 0 Å². The first-order valence-electron chi connectivity index (χ1n) is 6.18. The Morgan fingerprint density at radius 2 is 1.94 bits per heavy atom. The van der Waals surface area contributed by atoms with Crippen LogP contribution in [-0.2, 0) is 0 Å². The van der Waals surface area contributed by atoms with Crippen molar-refractivity contribution in [3.05, 3.63) is 23.8 Å². The van der Waals surface area contributed by atoms with E-state index in [4.69, 9.17) is 15.2 Å². The first kappa shape index (κ1) is 12.2. The Balaban J connectivity index is 2.22. The van der Waals surface area contributed by atoms with Crippen LogP contribution < -0.4 is 15.2 Å². The molecule has 3 heteroatoms. The summed E-state index contributed by atoms with van der Waals surface area (Å²) in [6.07, 6.45) is 2.22. The first-order valence-corrected chi connectivity index (χ1v) is 6.18. The third-order valence-corrected chi connectivity index (χ3v) is 3.90. The molecule has 1 aromatic rings. The van der Waals surface area contributed by atoms with Gasteiger partial charge in [0.25, 0.3) is 0 Å². The maximum absolute atomic E-state index is 6.03. The maximum Gasteiger partial charge on any atom is 0.160 e. The predicted octanol–water partition coefficient (Wildman–Crippen LogP) is 2.54. The zero-order valence-electron chi connectivity index (χ0n) is 10.8. The average molecular weight is 235 g/mol. The normalized spacial score (nSPS) is 27.4. The summed E-state index contributed by atoms with van der Waals surface area (Å²) in [5, 5.41) is 0. The molecule has 0 saturated heterocycles. The lowest BCUT2D eigenvalue weighted by Crippen LogP contribution is -2.45. The van der Waals surface area contributed by atoms with Gasteiger partial charge < -0.3 is 15.2 Å². The summed E-state index contributed by atoms with van der Waals surface area (Å²) in [5.41, 5.74) is 7.35. The zero-order valence-corrected chi connectivity index (χ0v) is 10.8. The molecule has 0 aliphatic heterocycles. The third-order valence-electron chi connectivity index (χ3n) is 3.90. The van der Waals surface area contributed by atoms with Crippen molar-refractivity contribution in [2.75, 3.05) is 14.2 Å². The van der Waals surface area contributed by atoms with Gasteiger partial charge in [-0.3, -0.25) is 0 Å². The largest absolute Gasteiger partial charge is 0.493 e. The summed E-state index contributed by atoms with van der Waals surface area (Å²) in [6, 6.07) is 6.54. The molecule has 0 radical (unpaired) electrons. The number of hydrogen-bond acceptors (Lipinski definition) is 3. The fourth-order valence-electron chi connectivity index (χ4n) is 2.80. The monoisotopic (exact) mass is 235 g/mol. The molecule has 2 rings (SSSR count). The molecule has 94 valence electrons. The summed E-state index contributed by atoms with van der Waals surface area (Å²) in [7, 11) is 3.33. The van der Waals surface area contributed by atoms with Gasteiger partial charge in [-0.25, -0.2) is 0 Å². The number of hydrogen-bond donors (Lipinski definition) is 1. The highest BCUT2D eigenvalue weighted by Crippen LogP contribution is 2.45. The maximum atomic E-state index is 6.03. The lowest BCUT2D eigenvalue weighted by Gasteiger charge is -2.43. The molecule has 17 heavy (non-hydrogen) atoms. The van der Waals surface area contributed by atoms with E-state index in [1.54, 1.807) is 14.2 Å². The number of rotatable bonds is 4. The van der Waals surface area contributed by atoms with Gasteiger partial charge in [0.15, 0.2) is 11.5 Å². The Morgan fingerprint density at radius 1 is 1.24 bits per heavy atom. The third kappa shape index (κ3) is 2.12. The molecule has 0 heterocycles. The van der Waals surface area contributed by atoms with Crippen molar-refractivity contribution in [2.24, 2.45) is 11.7 Å². The van der Waals surface area contributed by atoms with Crippen LogP contribution in [-0.4, -0.2) is 20.3 Å². The number of benzene rings is 1. The Kier molecular flexibility index (Phi) is 3.57. The average Bonchev–Trinajstić information content (AvgIpc) is 2.35. The first-order chi connectivity index (χ1) is 8.21. The van der Waals surface area contributed by atoms with Gasteiger partial charge in [-0.15, -0.1) is 0 Å². The fourth-order valence-corrected chi connectivity index (χ4v) is 2.80. The second-order valence-corrected chi connectivity index (χ2v) is 4.69. The van der Waals surface area contributed by atoms with Crippen LogP contribution in [0.25, 0.3) is 0 Å². The summed E-state index contributed by atoms with van der Waals surface area (Å²) in [5.74, 6) is 2.77. The van der Waals surface area contributed by atoms with Crippen molar-refractivity contribution in [2.45, 2.75) is 31.7 Å². The predicted molar refractivity (Wildman–Crippen MR) is 68.7 cm³/mol. The topological polar surface area (TPSA) is 44.5 Å². The molecule has 3 atom stereocenters. The molecule has 1 aromatic carbocycles. The van der Waals surface area contributed by atoms with Crippen molar-refractivity contribution in [1.29, 1.82) is 0 Å². The van der Waals surface area contributed by atoms with Gasteiger partial charge in [0.1, 0.15) is 0 Å². The van der Waals surface area contributed by atoms with Crippen LogP contribution in [0, 0.1) is 5.92 Å². The van der Waals surface area contributed by atoms with E-state index in [9.17, 15) is 0 Å². The van der Waals surface area contributed by atoms with Crippen LogP contribution in [0.2, 0.25) is 0 Å². The quantitative estimate of drug-likeness (QED) is 0.872. The molecular formula is C14H21NO2. The van der Waals surface area contributed by atoms with Crippen LogP contribution in [0.1, 0.15) is 31.2 Å².